The van der Waals surface area contributed by atoms with E-state index >= 15 is 4.39 Å². The van der Waals surface area contributed by atoms with Crippen molar-refractivity contribution in [3.8, 4) is 11.1 Å². The lowest BCUT2D eigenvalue weighted by atomic mass is 9.76. The van der Waals surface area contributed by atoms with Crippen LogP contribution in [0.2, 0.25) is 0 Å². The maximum absolute atomic E-state index is 15.2. The van der Waals surface area contributed by atoms with Gasteiger partial charge in [0.15, 0.2) is 0 Å². The summed E-state index contributed by atoms with van der Waals surface area (Å²) >= 11 is 0. The Morgan fingerprint density at radius 2 is 1.74 bits per heavy atom. The fraction of sp³-hybridized carbons (Fsp3) is 0.550. The molecule has 0 atom stereocenters. The van der Waals surface area contributed by atoms with Gasteiger partial charge in [0, 0.05) is 23.8 Å². The van der Waals surface area contributed by atoms with Crippen molar-refractivity contribution < 1.29 is 18.4 Å². The predicted octanol–water partition coefficient (Wildman–Crippen LogP) is 3.25. The molecule has 1 saturated heterocycles. The molecule has 1 fully saturated rings. The molecule has 3 rings (SSSR count). The first kappa shape index (κ1) is 20.0. The summed E-state index contributed by atoms with van der Waals surface area (Å²) in [6.45, 7) is 12.9. The first-order valence-corrected chi connectivity index (χ1v) is 9.25. The topological polar surface area (TPSA) is 45.5 Å². The lowest BCUT2D eigenvalue weighted by Crippen LogP contribution is -2.41. The zero-order chi connectivity index (χ0) is 20.0. The normalized spacial score (nSPS) is 18.3. The van der Waals surface area contributed by atoms with Gasteiger partial charge in [-0.1, -0.05) is 12.1 Å². The van der Waals surface area contributed by atoms with Gasteiger partial charge in [0.2, 0.25) is 0 Å². The van der Waals surface area contributed by atoms with Crippen LogP contribution in [0.5, 0.6) is 0 Å². The van der Waals surface area contributed by atoms with Gasteiger partial charge in [0.1, 0.15) is 5.82 Å². The average Bonchev–Trinajstić information content (AvgIpc) is 3.04. The van der Waals surface area contributed by atoms with Crippen LogP contribution in [-0.4, -0.2) is 41.8 Å². The molecule has 0 radical (unpaired) electrons. The smallest absolute Gasteiger partial charge is 0.399 e. The molecule has 2 heterocycles. The molecule has 1 aliphatic heterocycles. The Morgan fingerprint density at radius 1 is 1.11 bits per heavy atom. The van der Waals surface area contributed by atoms with E-state index in [-0.39, 0.29) is 5.82 Å². The van der Waals surface area contributed by atoms with E-state index in [1.165, 1.54) is 0 Å². The Morgan fingerprint density at radius 3 is 2.33 bits per heavy atom. The number of rotatable bonds is 5. The molecule has 1 aliphatic rings. The Balaban J connectivity index is 1.94. The second-order valence-corrected chi connectivity index (χ2v) is 8.09. The van der Waals surface area contributed by atoms with Gasteiger partial charge in [-0.05, 0) is 52.7 Å². The lowest BCUT2D eigenvalue weighted by Gasteiger charge is -2.32. The molecule has 0 spiro atoms. The van der Waals surface area contributed by atoms with E-state index < -0.39 is 18.3 Å². The fourth-order valence-electron chi connectivity index (χ4n) is 3.26. The van der Waals surface area contributed by atoms with Crippen molar-refractivity contribution in [1.29, 1.82) is 0 Å². The fourth-order valence-corrected chi connectivity index (χ4v) is 3.26. The van der Waals surface area contributed by atoms with Crippen molar-refractivity contribution in [2.24, 2.45) is 0 Å². The van der Waals surface area contributed by atoms with Gasteiger partial charge < -0.3 is 14.0 Å². The van der Waals surface area contributed by atoms with Crippen molar-refractivity contribution in [3.05, 3.63) is 35.4 Å². The molecule has 0 unspecified atom stereocenters. The van der Waals surface area contributed by atoms with Crippen molar-refractivity contribution in [1.82, 2.24) is 9.78 Å². The number of benzene rings is 1. The van der Waals surface area contributed by atoms with E-state index in [1.54, 1.807) is 26.3 Å². The molecule has 1 aromatic carbocycles. The summed E-state index contributed by atoms with van der Waals surface area (Å²) < 4.78 is 34.2. The SMILES string of the molecule is COCCn1ncc(-c2ccc(B3OC(C)(C)C(C)(C)O3)c(F)c2C)c1C. The zero-order valence-corrected chi connectivity index (χ0v) is 17.2. The molecular formula is C20H28BFN2O3. The van der Waals surface area contributed by atoms with Gasteiger partial charge in [0.05, 0.1) is 30.6 Å². The summed E-state index contributed by atoms with van der Waals surface area (Å²) in [4.78, 5) is 0. The van der Waals surface area contributed by atoms with E-state index in [0.717, 1.165) is 16.8 Å². The number of methoxy groups -OCH3 is 1. The van der Waals surface area contributed by atoms with Crippen LogP contribution >= 0.6 is 0 Å². The van der Waals surface area contributed by atoms with Gasteiger partial charge in [-0.25, -0.2) is 4.39 Å². The number of ether oxygens (including phenoxy) is 1. The molecule has 0 bridgehead atoms. The number of halogens is 1. The number of nitrogens with zero attached hydrogens (tertiary/aromatic N) is 2. The Hall–Kier alpha value is -1.70. The summed E-state index contributed by atoms with van der Waals surface area (Å²) in [5, 5.41) is 4.40. The number of aromatic nitrogens is 2. The molecule has 27 heavy (non-hydrogen) atoms. The molecule has 0 N–H and O–H groups in total. The van der Waals surface area contributed by atoms with E-state index in [9.17, 15) is 0 Å². The summed E-state index contributed by atoms with van der Waals surface area (Å²) in [6, 6.07) is 3.68. The van der Waals surface area contributed by atoms with E-state index in [2.05, 4.69) is 5.10 Å². The van der Waals surface area contributed by atoms with Crippen LogP contribution < -0.4 is 5.46 Å². The average molecular weight is 374 g/mol. The van der Waals surface area contributed by atoms with Crippen LogP contribution in [0.1, 0.15) is 39.0 Å². The highest BCUT2D eigenvalue weighted by Crippen LogP contribution is 2.37. The van der Waals surface area contributed by atoms with Gasteiger partial charge in [-0.3, -0.25) is 4.68 Å². The molecule has 0 amide bonds. The summed E-state index contributed by atoms with van der Waals surface area (Å²) in [6.07, 6.45) is 1.78. The largest absolute Gasteiger partial charge is 0.497 e. The second kappa shape index (κ2) is 7.04. The highest BCUT2D eigenvalue weighted by molar-refractivity contribution is 6.62. The van der Waals surface area contributed by atoms with E-state index in [4.69, 9.17) is 14.0 Å². The summed E-state index contributed by atoms with van der Waals surface area (Å²) in [7, 11) is 0.946. The molecule has 0 saturated carbocycles. The molecule has 146 valence electrons. The standard InChI is InChI=1S/C20H28BFN2O3/c1-13-15(16-12-23-24(14(16)2)10-11-25-7)8-9-17(18(13)22)21-26-19(3,4)20(5,6)27-21/h8-9,12H,10-11H2,1-7H3. The molecule has 1 aromatic heterocycles. The Kier molecular flexibility index (Phi) is 5.23. The van der Waals surface area contributed by atoms with Crippen LogP contribution in [0, 0.1) is 19.7 Å². The molecule has 7 heteroatoms. The number of hydrogen-bond acceptors (Lipinski definition) is 4. The van der Waals surface area contributed by atoms with E-state index in [0.29, 0.717) is 24.2 Å². The third-order valence-corrected chi connectivity index (χ3v) is 5.82. The Bertz CT molecular complexity index is 832. The number of hydrogen-bond donors (Lipinski definition) is 0. The van der Waals surface area contributed by atoms with Crippen molar-refractivity contribution in [2.75, 3.05) is 13.7 Å². The first-order valence-electron chi connectivity index (χ1n) is 9.25. The molecule has 0 aliphatic carbocycles. The first-order chi connectivity index (χ1) is 12.6. The summed E-state index contributed by atoms with van der Waals surface area (Å²) in [5.41, 5.74) is 2.72. The van der Waals surface area contributed by atoms with Crippen molar-refractivity contribution in [2.45, 2.75) is 59.3 Å². The van der Waals surface area contributed by atoms with Crippen LogP contribution in [0.15, 0.2) is 18.3 Å². The minimum absolute atomic E-state index is 0.296. The van der Waals surface area contributed by atoms with Crippen LogP contribution in [0.25, 0.3) is 11.1 Å². The molecule has 2 aromatic rings. The van der Waals surface area contributed by atoms with Gasteiger partial charge >= 0.3 is 7.12 Å². The monoisotopic (exact) mass is 374 g/mol. The minimum atomic E-state index is -0.715. The molecular weight excluding hydrogens is 346 g/mol. The zero-order valence-electron chi connectivity index (χ0n) is 17.2. The van der Waals surface area contributed by atoms with Crippen LogP contribution in [-0.2, 0) is 20.6 Å². The third-order valence-electron chi connectivity index (χ3n) is 5.82. The maximum atomic E-state index is 15.2. The predicted molar refractivity (Wildman–Crippen MR) is 105 cm³/mol. The quantitative estimate of drug-likeness (QED) is 0.754. The maximum Gasteiger partial charge on any atom is 0.497 e. The third kappa shape index (κ3) is 3.44. The minimum Gasteiger partial charge on any atom is -0.399 e. The van der Waals surface area contributed by atoms with Gasteiger partial charge in [-0.15, -0.1) is 0 Å². The van der Waals surface area contributed by atoms with Crippen LogP contribution in [0.4, 0.5) is 4.39 Å². The van der Waals surface area contributed by atoms with Crippen molar-refractivity contribution in [3.63, 3.8) is 0 Å². The van der Waals surface area contributed by atoms with Crippen molar-refractivity contribution >= 4 is 12.6 Å². The van der Waals surface area contributed by atoms with Gasteiger partial charge in [-0.2, -0.15) is 5.10 Å². The summed E-state index contributed by atoms with van der Waals surface area (Å²) in [5.74, 6) is -0.296. The van der Waals surface area contributed by atoms with E-state index in [1.807, 2.05) is 45.4 Å². The Labute approximate surface area is 161 Å². The highest BCUT2D eigenvalue weighted by Gasteiger charge is 2.52. The van der Waals surface area contributed by atoms with Gasteiger partial charge in [0.25, 0.3) is 0 Å². The lowest BCUT2D eigenvalue weighted by molar-refractivity contribution is 0.00578. The molecule has 5 nitrogen and oxygen atoms in total. The second-order valence-electron chi connectivity index (χ2n) is 8.09. The van der Waals surface area contributed by atoms with Crippen LogP contribution in [0.3, 0.4) is 0 Å². The highest BCUT2D eigenvalue weighted by atomic mass is 19.1.